The van der Waals surface area contributed by atoms with Gasteiger partial charge in [-0.1, -0.05) is 19.8 Å². The predicted molar refractivity (Wildman–Crippen MR) is 105 cm³/mol. The third-order valence-electron chi connectivity index (χ3n) is 4.40. The lowest BCUT2D eigenvalue weighted by molar-refractivity contribution is -0.113. The fourth-order valence-electron chi connectivity index (χ4n) is 3.26. The second-order valence-corrected chi connectivity index (χ2v) is 9.36. The Bertz CT molecular complexity index is 744. The van der Waals surface area contributed by atoms with Crippen LogP contribution in [0.5, 0.6) is 0 Å². The number of hydrogen-bond acceptors (Lipinski definition) is 5. The van der Waals surface area contributed by atoms with Crippen molar-refractivity contribution in [2.75, 3.05) is 34.8 Å². The molecule has 1 aliphatic rings. The number of morpholine rings is 1. The minimum Gasteiger partial charge on any atom is -0.372 e. The first kappa shape index (κ1) is 21.6. The van der Waals surface area contributed by atoms with Crippen LogP contribution in [0.15, 0.2) is 18.2 Å². The Hall–Kier alpha value is -1.67. The second kappa shape index (κ2) is 9.50. The number of ether oxygens (including phenoxy) is 1. The van der Waals surface area contributed by atoms with Crippen LogP contribution in [-0.2, 0) is 19.4 Å². The molecule has 27 heavy (non-hydrogen) atoms. The molecule has 0 spiro atoms. The highest BCUT2D eigenvalue weighted by atomic mass is 32.2. The van der Waals surface area contributed by atoms with Gasteiger partial charge in [-0.2, -0.15) is 0 Å². The smallest absolute Gasteiger partial charge is 0.239 e. The minimum absolute atomic E-state index is 0.00500. The van der Waals surface area contributed by atoms with E-state index in [-0.39, 0.29) is 23.6 Å². The van der Waals surface area contributed by atoms with Crippen LogP contribution in [0.3, 0.4) is 0 Å². The lowest BCUT2D eigenvalue weighted by Gasteiger charge is -2.37. The molecule has 0 radical (unpaired) electrons. The molecule has 1 aromatic carbocycles. The summed E-state index contributed by atoms with van der Waals surface area (Å²) in [6.07, 6.45) is 2.28. The molecular formula is C19H29FN2O4S. The minimum atomic E-state index is -3.45. The molecule has 6 nitrogen and oxygen atoms in total. The van der Waals surface area contributed by atoms with Gasteiger partial charge in [-0.25, -0.2) is 12.8 Å². The number of benzene rings is 1. The van der Waals surface area contributed by atoms with E-state index in [0.717, 1.165) is 12.8 Å². The van der Waals surface area contributed by atoms with Crippen LogP contribution in [0.2, 0.25) is 0 Å². The predicted octanol–water partition coefficient (Wildman–Crippen LogP) is 2.98. The van der Waals surface area contributed by atoms with Gasteiger partial charge in [0.1, 0.15) is 11.6 Å². The number of unbranched alkanes of at least 4 members (excludes halogenated alkanes) is 2. The first-order valence-electron chi connectivity index (χ1n) is 9.40. The van der Waals surface area contributed by atoms with Crippen molar-refractivity contribution in [1.29, 1.82) is 0 Å². The number of sulfone groups is 1. The highest BCUT2D eigenvalue weighted by molar-refractivity contribution is 7.92. The third kappa shape index (κ3) is 6.77. The lowest BCUT2D eigenvalue weighted by Crippen LogP contribution is -2.45. The molecule has 1 fully saturated rings. The van der Waals surface area contributed by atoms with E-state index in [2.05, 4.69) is 5.32 Å². The number of rotatable bonds is 8. The van der Waals surface area contributed by atoms with E-state index in [9.17, 15) is 17.6 Å². The fraction of sp³-hybridized carbons (Fsp3) is 0.632. The topological polar surface area (TPSA) is 75.7 Å². The average Bonchev–Trinajstić information content (AvgIpc) is 2.53. The maximum absolute atomic E-state index is 14.5. The van der Waals surface area contributed by atoms with Gasteiger partial charge in [0.25, 0.3) is 0 Å². The molecule has 152 valence electrons. The van der Waals surface area contributed by atoms with Crippen LogP contribution in [0, 0.1) is 5.82 Å². The molecule has 1 N–H and O–H groups in total. The Kier molecular flexibility index (Phi) is 7.61. The van der Waals surface area contributed by atoms with Crippen molar-refractivity contribution in [2.45, 2.75) is 52.2 Å². The van der Waals surface area contributed by atoms with Gasteiger partial charge in [-0.3, -0.25) is 4.79 Å². The van der Waals surface area contributed by atoms with Crippen LogP contribution in [0.1, 0.15) is 40.0 Å². The molecule has 1 aromatic rings. The van der Waals surface area contributed by atoms with Crippen LogP contribution in [-0.4, -0.2) is 51.1 Å². The zero-order valence-corrected chi connectivity index (χ0v) is 17.0. The van der Waals surface area contributed by atoms with E-state index in [1.165, 1.54) is 6.07 Å². The summed E-state index contributed by atoms with van der Waals surface area (Å²) < 4.78 is 44.1. The molecule has 0 saturated carbocycles. The number of anilines is 2. The Labute approximate surface area is 161 Å². The fourth-order valence-corrected chi connectivity index (χ4v) is 4.52. The summed E-state index contributed by atoms with van der Waals surface area (Å²) in [7, 11) is -3.45. The summed E-state index contributed by atoms with van der Waals surface area (Å²) in [5.74, 6) is -1.69. The Morgan fingerprint density at radius 3 is 2.52 bits per heavy atom. The van der Waals surface area contributed by atoms with Gasteiger partial charge in [0, 0.05) is 18.8 Å². The van der Waals surface area contributed by atoms with Gasteiger partial charge in [0.15, 0.2) is 9.84 Å². The van der Waals surface area contributed by atoms with Crippen molar-refractivity contribution in [2.24, 2.45) is 0 Å². The molecule has 1 saturated heterocycles. The number of nitrogens with one attached hydrogen (secondary N) is 1. The van der Waals surface area contributed by atoms with Crippen molar-refractivity contribution in [3.63, 3.8) is 0 Å². The maximum atomic E-state index is 14.5. The highest BCUT2D eigenvalue weighted by Gasteiger charge is 2.24. The van der Waals surface area contributed by atoms with Crippen LogP contribution in [0.4, 0.5) is 15.8 Å². The summed E-state index contributed by atoms with van der Waals surface area (Å²) in [4.78, 5) is 13.9. The zero-order chi connectivity index (χ0) is 20.0. The van der Waals surface area contributed by atoms with Gasteiger partial charge >= 0.3 is 0 Å². The number of carbonyl (C=O) groups is 1. The van der Waals surface area contributed by atoms with Gasteiger partial charge in [0.05, 0.1) is 23.6 Å². The maximum Gasteiger partial charge on any atom is 0.239 e. The van der Waals surface area contributed by atoms with Crippen molar-refractivity contribution < 1.29 is 22.3 Å². The first-order valence-corrected chi connectivity index (χ1v) is 11.2. The highest BCUT2D eigenvalue weighted by Crippen LogP contribution is 2.26. The van der Waals surface area contributed by atoms with E-state index >= 15 is 0 Å². The molecule has 0 aliphatic carbocycles. The Morgan fingerprint density at radius 2 is 1.93 bits per heavy atom. The number of nitrogens with zero attached hydrogens (tertiary/aromatic N) is 1. The third-order valence-corrected chi connectivity index (χ3v) is 6.01. The van der Waals surface area contributed by atoms with E-state index in [1.54, 1.807) is 12.1 Å². The Balaban J connectivity index is 1.98. The van der Waals surface area contributed by atoms with E-state index in [1.807, 2.05) is 25.7 Å². The first-order chi connectivity index (χ1) is 12.7. The molecule has 1 heterocycles. The van der Waals surface area contributed by atoms with Gasteiger partial charge in [-0.15, -0.1) is 0 Å². The number of hydrogen-bond donors (Lipinski definition) is 1. The molecule has 8 heteroatoms. The summed E-state index contributed by atoms with van der Waals surface area (Å²) in [6, 6.07) is 4.41. The van der Waals surface area contributed by atoms with Crippen molar-refractivity contribution in [3.8, 4) is 0 Å². The quantitative estimate of drug-likeness (QED) is 0.679. The number of halogens is 1. The van der Waals surface area contributed by atoms with E-state index in [0.29, 0.717) is 25.2 Å². The van der Waals surface area contributed by atoms with Crippen LogP contribution >= 0.6 is 0 Å². The van der Waals surface area contributed by atoms with Crippen molar-refractivity contribution in [1.82, 2.24) is 0 Å². The summed E-state index contributed by atoms with van der Waals surface area (Å²) >= 11 is 0. The molecule has 2 rings (SSSR count). The van der Waals surface area contributed by atoms with Gasteiger partial charge in [0.2, 0.25) is 5.91 Å². The SMILES string of the molecule is CCCCCS(=O)(=O)CC(=O)Nc1ccc(N2CC(C)OC(C)C2)c(F)c1. The lowest BCUT2D eigenvalue weighted by atomic mass is 10.2. The molecular weight excluding hydrogens is 371 g/mol. The van der Waals surface area contributed by atoms with Gasteiger partial charge in [-0.05, 0) is 38.5 Å². The van der Waals surface area contributed by atoms with Crippen molar-refractivity contribution >= 4 is 27.1 Å². The summed E-state index contributed by atoms with van der Waals surface area (Å²) in [5, 5.41) is 2.48. The van der Waals surface area contributed by atoms with Crippen LogP contribution < -0.4 is 10.2 Å². The summed E-state index contributed by atoms with van der Waals surface area (Å²) in [6.45, 7) is 7.04. The summed E-state index contributed by atoms with van der Waals surface area (Å²) in [5.41, 5.74) is 0.696. The number of carbonyl (C=O) groups excluding carboxylic acids is 1. The molecule has 0 bridgehead atoms. The van der Waals surface area contributed by atoms with Gasteiger partial charge < -0.3 is 15.0 Å². The van der Waals surface area contributed by atoms with Crippen LogP contribution in [0.25, 0.3) is 0 Å². The average molecular weight is 401 g/mol. The van der Waals surface area contributed by atoms with Crippen molar-refractivity contribution in [3.05, 3.63) is 24.0 Å². The molecule has 2 atom stereocenters. The second-order valence-electron chi connectivity index (χ2n) is 7.18. The Morgan fingerprint density at radius 1 is 1.26 bits per heavy atom. The molecule has 1 aliphatic heterocycles. The van der Waals surface area contributed by atoms with E-state index in [4.69, 9.17) is 4.74 Å². The molecule has 1 amide bonds. The normalized spacial score (nSPS) is 20.5. The molecule has 2 unspecified atom stereocenters. The monoisotopic (exact) mass is 400 g/mol. The molecule has 0 aromatic heterocycles. The zero-order valence-electron chi connectivity index (χ0n) is 16.2. The standard InChI is InChI=1S/C19H29FN2O4S/c1-4-5-6-9-27(24,25)13-19(23)21-16-7-8-18(17(20)10-16)22-11-14(2)26-15(3)12-22/h7-8,10,14-15H,4-6,9,11-13H2,1-3H3,(H,21,23). The number of amides is 1. The van der Waals surface area contributed by atoms with E-state index < -0.39 is 27.3 Å². The largest absolute Gasteiger partial charge is 0.372 e.